The van der Waals surface area contributed by atoms with E-state index < -0.39 is 0 Å². The number of allylic oxidation sites excluding steroid dienone is 2. The fourth-order valence-electron chi connectivity index (χ4n) is 4.37. The fraction of sp³-hybridized carbons (Fsp3) is 0.444. The highest BCUT2D eigenvalue weighted by molar-refractivity contribution is 6.22. The molecule has 108 valence electrons. The standard InChI is InChI=1S/C18H19NO2/c1-10-3-8-14(11(2)9-10)19-17(20)15-12-4-5-13(7-6-12)16(15)18(19)21/h3-5,8-9,12-13,15-16H,6-7H2,1-2H3/t12-,13+,15-,16-/m0/s1. The molecule has 2 amide bonds. The van der Waals surface area contributed by atoms with Crippen LogP contribution in [0, 0.1) is 37.5 Å². The van der Waals surface area contributed by atoms with E-state index in [1.165, 1.54) is 4.90 Å². The molecule has 2 fully saturated rings. The Morgan fingerprint density at radius 3 is 2.00 bits per heavy atom. The van der Waals surface area contributed by atoms with E-state index in [2.05, 4.69) is 12.2 Å². The lowest BCUT2D eigenvalue weighted by Gasteiger charge is -2.38. The Morgan fingerprint density at radius 2 is 1.52 bits per heavy atom. The highest BCUT2D eigenvalue weighted by Crippen LogP contribution is 2.50. The molecule has 0 radical (unpaired) electrons. The Bertz CT molecular complexity index is 644. The molecule has 0 N–H and O–H groups in total. The molecule has 4 atom stereocenters. The van der Waals surface area contributed by atoms with E-state index >= 15 is 0 Å². The van der Waals surface area contributed by atoms with Gasteiger partial charge in [0.1, 0.15) is 0 Å². The van der Waals surface area contributed by atoms with E-state index in [9.17, 15) is 9.59 Å². The van der Waals surface area contributed by atoms with Crippen molar-refractivity contribution >= 4 is 17.5 Å². The number of hydrogen-bond donors (Lipinski definition) is 0. The third-order valence-electron chi connectivity index (χ3n) is 5.35. The molecule has 1 aliphatic heterocycles. The maximum absolute atomic E-state index is 12.8. The molecule has 0 spiro atoms. The van der Waals surface area contributed by atoms with Gasteiger partial charge in [-0.05, 0) is 50.2 Å². The Morgan fingerprint density at radius 1 is 0.952 bits per heavy atom. The largest absolute Gasteiger partial charge is 0.274 e. The highest BCUT2D eigenvalue weighted by Gasteiger charge is 2.56. The number of amides is 2. The van der Waals surface area contributed by atoms with Crippen molar-refractivity contribution in [3.05, 3.63) is 41.5 Å². The quantitative estimate of drug-likeness (QED) is 0.586. The maximum atomic E-state index is 12.8. The Labute approximate surface area is 124 Å². The first kappa shape index (κ1) is 12.8. The van der Waals surface area contributed by atoms with E-state index in [0.29, 0.717) is 0 Å². The van der Waals surface area contributed by atoms with Crippen molar-refractivity contribution in [2.24, 2.45) is 23.7 Å². The van der Waals surface area contributed by atoms with Gasteiger partial charge in [0, 0.05) is 0 Å². The molecule has 1 heterocycles. The van der Waals surface area contributed by atoms with Crippen LogP contribution in [0.1, 0.15) is 24.0 Å². The molecular formula is C18H19NO2. The second-order valence-electron chi connectivity index (χ2n) is 6.64. The molecular weight excluding hydrogens is 262 g/mol. The number of fused-ring (bicyclic) bond motifs is 1. The molecule has 3 aliphatic carbocycles. The summed E-state index contributed by atoms with van der Waals surface area (Å²) in [6.07, 6.45) is 6.40. The molecule has 3 heteroatoms. The van der Waals surface area contributed by atoms with Crippen molar-refractivity contribution in [3.8, 4) is 0 Å². The molecule has 0 aromatic heterocycles. The highest BCUT2D eigenvalue weighted by atomic mass is 16.2. The molecule has 1 saturated heterocycles. The van der Waals surface area contributed by atoms with E-state index in [0.717, 1.165) is 29.7 Å². The van der Waals surface area contributed by atoms with Crippen LogP contribution in [-0.2, 0) is 9.59 Å². The first-order chi connectivity index (χ1) is 10.1. The minimum Gasteiger partial charge on any atom is -0.274 e. The lowest BCUT2D eigenvalue weighted by molar-refractivity contribution is -0.124. The van der Waals surface area contributed by atoms with Crippen molar-refractivity contribution in [1.29, 1.82) is 0 Å². The number of hydrogen-bond acceptors (Lipinski definition) is 2. The first-order valence-electron chi connectivity index (χ1n) is 7.71. The maximum Gasteiger partial charge on any atom is 0.238 e. The van der Waals surface area contributed by atoms with Gasteiger partial charge >= 0.3 is 0 Å². The monoisotopic (exact) mass is 281 g/mol. The molecule has 21 heavy (non-hydrogen) atoms. The summed E-state index contributed by atoms with van der Waals surface area (Å²) >= 11 is 0. The normalized spacial score (nSPS) is 33.7. The minimum atomic E-state index is -0.123. The van der Waals surface area contributed by atoms with Gasteiger partial charge in [0.25, 0.3) is 0 Å². The molecule has 3 nitrogen and oxygen atoms in total. The molecule has 2 bridgehead atoms. The van der Waals surface area contributed by atoms with E-state index in [1.807, 2.05) is 32.0 Å². The van der Waals surface area contributed by atoms with Crippen molar-refractivity contribution in [2.45, 2.75) is 26.7 Å². The summed E-state index contributed by atoms with van der Waals surface area (Å²) in [4.78, 5) is 27.2. The topological polar surface area (TPSA) is 37.4 Å². The summed E-state index contributed by atoms with van der Waals surface area (Å²) in [6.45, 7) is 3.99. The van der Waals surface area contributed by atoms with Crippen LogP contribution >= 0.6 is 0 Å². The zero-order valence-electron chi connectivity index (χ0n) is 12.4. The van der Waals surface area contributed by atoms with Crippen molar-refractivity contribution in [3.63, 3.8) is 0 Å². The van der Waals surface area contributed by atoms with Crippen LogP contribution in [0.15, 0.2) is 30.4 Å². The molecule has 5 rings (SSSR count). The minimum absolute atomic E-state index is 0.0102. The number of imide groups is 1. The molecule has 0 unspecified atom stereocenters. The number of aryl methyl sites for hydroxylation is 2. The molecule has 1 saturated carbocycles. The van der Waals surface area contributed by atoms with Gasteiger partial charge in [-0.15, -0.1) is 0 Å². The average molecular weight is 281 g/mol. The van der Waals surface area contributed by atoms with E-state index in [4.69, 9.17) is 0 Å². The van der Waals surface area contributed by atoms with Crippen LogP contribution in [0.5, 0.6) is 0 Å². The molecule has 1 aromatic rings. The number of rotatable bonds is 1. The third kappa shape index (κ3) is 1.66. The Balaban J connectivity index is 1.78. The Hall–Kier alpha value is -1.90. The second kappa shape index (κ2) is 4.30. The number of anilines is 1. The second-order valence-corrected chi connectivity index (χ2v) is 6.64. The predicted octanol–water partition coefficient (Wildman–Crippen LogP) is 3.01. The number of nitrogens with zero attached hydrogens (tertiary/aromatic N) is 1. The van der Waals surface area contributed by atoms with Crippen molar-refractivity contribution < 1.29 is 9.59 Å². The van der Waals surface area contributed by atoms with Gasteiger partial charge in [0.15, 0.2) is 0 Å². The van der Waals surface area contributed by atoms with Gasteiger partial charge < -0.3 is 0 Å². The first-order valence-corrected chi connectivity index (χ1v) is 7.71. The lowest BCUT2D eigenvalue weighted by Crippen LogP contribution is -2.38. The zero-order chi connectivity index (χ0) is 14.7. The van der Waals surface area contributed by atoms with Gasteiger partial charge in [-0.1, -0.05) is 29.8 Å². The summed E-state index contributed by atoms with van der Waals surface area (Å²) in [5, 5.41) is 0. The van der Waals surface area contributed by atoms with Crippen LogP contribution in [0.3, 0.4) is 0 Å². The third-order valence-corrected chi connectivity index (χ3v) is 5.35. The van der Waals surface area contributed by atoms with Crippen LogP contribution in [-0.4, -0.2) is 11.8 Å². The summed E-state index contributed by atoms with van der Waals surface area (Å²) in [7, 11) is 0. The van der Waals surface area contributed by atoms with Crippen LogP contribution < -0.4 is 4.90 Å². The summed E-state index contributed by atoms with van der Waals surface area (Å²) < 4.78 is 0. The van der Waals surface area contributed by atoms with Gasteiger partial charge in [-0.3, -0.25) is 9.59 Å². The van der Waals surface area contributed by atoms with Crippen LogP contribution in [0.25, 0.3) is 0 Å². The predicted molar refractivity (Wildman–Crippen MR) is 80.7 cm³/mol. The SMILES string of the molecule is Cc1ccc(N2C(=O)[C@@H]3[C@@H](C2=O)[C@H]2C=C[C@@H]3CC2)c(C)c1. The zero-order valence-corrected chi connectivity index (χ0v) is 12.4. The molecule has 4 aliphatic rings. The number of carbonyl (C=O) groups is 2. The lowest BCUT2D eigenvalue weighted by atomic mass is 9.63. The number of carbonyl (C=O) groups excluding carboxylic acids is 2. The summed E-state index contributed by atoms with van der Waals surface area (Å²) in [6, 6.07) is 5.91. The van der Waals surface area contributed by atoms with Gasteiger partial charge in [-0.25, -0.2) is 4.90 Å². The summed E-state index contributed by atoms with van der Waals surface area (Å²) in [5.41, 5.74) is 2.91. The summed E-state index contributed by atoms with van der Waals surface area (Å²) in [5.74, 6) is 0.287. The van der Waals surface area contributed by atoms with Gasteiger partial charge in [0.2, 0.25) is 11.8 Å². The van der Waals surface area contributed by atoms with Crippen LogP contribution in [0.4, 0.5) is 5.69 Å². The molecule has 1 aromatic carbocycles. The van der Waals surface area contributed by atoms with E-state index in [-0.39, 0.29) is 35.5 Å². The van der Waals surface area contributed by atoms with Crippen molar-refractivity contribution in [2.75, 3.05) is 4.90 Å². The average Bonchev–Trinajstić information content (AvgIpc) is 2.75. The smallest absolute Gasteiger partial charge is 0.238 e. The van der Waals surface area contributed by atoms with Crippen LogP contribution in [0.2, 0.25) is 0 Å². The van der Waals surface area contributed by atoms with E-state index in [1.54, 1.807) is 0 Å². The van der Waals surface area contributed by atoms with Gasteiger partial charge in [0.05, 0.1) is 17.5 Å². The number of benzene rings is 1. The van der Waals surface area contributed by atoms with Gasteiger partial charge in [-0.2, -0.15) is 0 Å². The fourth-order valence-corrected chi connectivity index (χ4v) is 4.37. The van der Waals surface area contributed by atoms with Crippen molar-refractivity contribution in [1.82, 2.24) is 0 Å². The Kier molecular flexibility index (Phi) is 2.62.